The van der Waals surface area contributed by atoms with Crippen LogP contribution < -0.4 is 5.32 Å². The molecule has 4 heteroatoms. The topological polar surface area (TPSA) is 27.6 Å². The quantitative estimate of drug-likeness (QED) is 0.684. The third-order valence-corrected chi connectivity index (χ3v) is 5.28. The van der Waals surface area contributed by atoms with Crippen molar-refractivity contribution in [3.8, 4) is 0 Å². The van der Waals surface area contributed by atoms with Crippen molar-refractivity contribution in [3.05, 3.63) is 22.4 Å². The molecule has 1 atom stereocenters. The number of thiophene rings is 1. The third kappa shape index (κ3) is 3.75. The molecule has 112 valence electrons. The van der Waals surface area contributed by atoms with Crippen LogP contribution in [0.4, 0.5) is 0 Å². The molecule has 0 bridgehead atoms. The van der Waals surface area contributed by atoms with Gasteiger partial charge in [0.25, 0.3) is 0 Å². The van der Waals surface area contributed by atoms with Gasteiger partial charge in [0.1, 0.15) is 0 Å². The Balaban J connectivity index is 1.94. The highest BCUT2D eigenvalue weighted by molar-refractivity contribution is 7.10. The van der Waals surface area contributed by atoms with Crippen LogP contribution in [0, 0.1) is 5.92 Å². The van der Waals surface area contributed by atoms with Crippen LogP contribution in [0.3, 0.4) is 0 Å². The van der Waals surface area contributed by atoms with Crippen molar-refractivity contribution in [2.45, 2.75) is 39.0 Å². The van der Waals surface area contributed by atoms with E-state index in [-0.39, 0.29) is 5.41 Å². The fourth-order valence-corrected chi connectivity index (χ4v) is 3.62. The van der Waals surface area contributed by atoms with Crippen LogP contribution in [-0.4, -0.2) is 37.5 Å². The Morgan fingerprint density at radius 1 is 1.55 bits per heavy atom. The summed E-state index contributed by atoms with van der Waals surface area (Å²) in [5.41, 5.74) is 0.144. The molecule has 1 N–H and O–H groups in total. The summed E-state index contributed by atoms with van der Waals surface area (Å²) in [4.78, 5) is 8.29. The second-order valence-corrected chi connectivity index (χ2v) is 7.40. The van der Waals surface area contributed by atoms with Gasteiger partial charge in [0.15, 0.2) is 5.96 Å². The van der Waals surface area contributed by atoms with Crippen molar-refractivity contribution in [1.82, 2.24) is 10.2 Å². The molecule has 0 aliphatic carbocycles. The van der Waals surface area contributed by atoms with Crippen LogP contribution in [0.5, 0.6) is 0 Å². The number of nitrogens with one attached hydrogen (secondary N) is 1. The fourth-order valence-electron chi connectivity index (χ4n) is 2.76. The molecule has 1 fully saturated rings. The van der Waals surface area contributed by atoms with Crippen molar-refractivity contribution in [1.29, 1.82) is 0 Å². The van der Waals surface area contributed by atoms with E-state index in [1.807, 2.05) is 18.4 Å². The molecule has 20 heavy (non-hydrogen) atoms. The highest BCUT2D eigenvalue weighted by atomic mass is 32.1. The number of piperidine rings is 1. The maximum Gasteiger partial charge on any atom is 0.193 e. The Bertz CT molecular complexity index is 437. The first-order chi connectivity index (χ1) is 9.53. The first-order valence-electron chi connectivity index (χ1n) is 7.52. The van der Waals surface area contributed by atoms with Crippen molar-refractivity contribution in [3.63, 3.8) is 0 Å². The molecular weight excluding hydrogens is 266 g/mol. The van der Waals surface area contributed by atoms with Crippen molar-refractivity contribution in [2.24, 2.45) is 10.9 Å². The smallest absolute Gasteiger partial charge is 0.193 e. The number of aliphatic imine (C=N–C) groups is 1. The summed E-state index contributed by atoms with van der Waals surface area (Å²) in [7, 11) is 1.89. The van der Waals surface area contributed by atoms with E-state index in [9.17, 15) is 0 Å². The third-order valence-electron chi connectivity index (χ3n) is 4.05. The molecule has 0 spiro atoms. The molecule has 3 nitrogen and oxygen atoms in total. The minimum Gasteiger partial charge on any atom is -0.355 e. The van der Waals surface area contributed by atoms with Gasteiger partial charge in [0, 0.05) is 37.0 Å². The van der Waals surface area contributed by atoms with Crippen LogP contribution in [0.1, 0.15) is 38.5 Å². The number of rotatable bonds is 3. The molecule has 0 radical (unpaired) electrons. The van der Waals surface area contributed by atoms with Crippen molar-refractivity contribution in [2.75, 3.05) is 26.7 Å². The van der Waals surface area contributed by atoms with Crippen LogP contribution in [0.15, 0.2) is 22.5 Å². The summed E-state index contributed by atoms with van der Waals surface area (Å²) in [5, 5.41) is 5.72. The van der Waals surface area contributed by atoms with E-state index in [1.54, 1.807) is 0 Å². The molecule has 1 aromatic rings. The van der Waals surface area contributed by atoms with Gasteiger partial charge in [-0.25, -0.2) is 0 Å². The first kappa shape index (κ1) is 15.4. The van der Waals surface area contributed by atoms with E-state index in [2.05, 4.69) is 53.5 Å². The van der Waals surface area contributed by atoms with Gasteiger partial charge in [0.2, 0.25) is 0 Å². The second kappa shape index (κ2) is 6.61. The lowest BCUT2D eigenvalue weighted by Crippen LogP contribution is -2.48. The van der Waals surface area contributed by atoms with Crippen molar-refractivity contribution >= 4 is 17.3 Å². The highest BCUT2D eigenvalue weighted by Crippen LogP contribution is 2.26. The van der Waals surface area contributed by atoms with Crippen LogP contribution in [-0.2, 0) is 5.41 Å². The van der Waals surface area contributed by atoms with E-state index in [0.717, 1.165) is 31.5 Å². The highest BCUT2D eigenvalue weighted by Gasteiger charge is 2.24. The van der Waals surface area contributed by atoms with Crippen LogP contribution in [0.2, 0.25) is 0 Å². The molecule has 1 aliphatic heterocycles. The largest absolute Gasteiger partial charge is 0.355 e. The van der Waals surface area contributed by atoms with E-state index in [4.69, 9.17) is 0 Å². The van der Waals surface area contributed by atoms with Gasteiger partial charge in [-0.1, -0.05) is 26.8 Å². The zero-order valence-corrected chi connectivity index (χ0v) is 14.0. The molecular formula is C16H27N3S. The molecule has 0 aromatic carbocycles. The molecule has 1 saturated heterocycles. The number of guanidine groups is 1. The molecule has 1 unspecified atom stereocenters. The maximum absolute atomic E-state index is 4.47. The first-order valence-corrected chi connectivity index (χ1v) is 8.40. The monoisotopic (exact) mass is 293 g/mol. The molecule has 2 heterocycles. The number of nitrogens with zero attached hydrogens (tertiary/aromatic N) is 2. The van der Waals surface area contributed by atoms with E-state index in [0.29, 0.717) is 0 Å². The standard InChI is InChI=1S/C16H27N3S/c1-13-7-5-9-19(11-13)15(17-4)18-12-16(2,3)14-8-6-10-20-14/h6,8,10,13H,5,7,9,11-12H2,1-4H3,(H,17,18). The van der Waals surface area contributed by atoms with Crippen LogP contribution >= 0.6 is 11.3 Å². The summed E-state index contributed by atoms with van der Waals surface area (Å²) < 4.78 is 0. The lowest BCUT2D eigenvalue weighted by molar-refractivity contribution is 0.264. The predicted molar refractivity (Wildman–Crippen MR) is 88.7 cm³/mol. The fraction of sp³-hybridized carbons (Fsp3) is 0.688. The van der Waals surface area contributed by atoms with Gasteiger partial charge in [-0.15, -0.1) is 11.3 Å². The molecule has 0 amide bonds. The van der Waals surface area contributed by atoms with Crippen LogP contribution in [0.25, 0.3) is 0 Å². The van der Waals surface area contributed by atoms with Crippen molar-refractivity contribution < 1.29 is 0 Å². The summed E-state index contributed by atoms with van der Waals surface area (Å²) in [6.07, 6.45) is 2.62. The minimum atomic E-state index is 0.144. The summed E-state index contributed by atoms with van der Waals surface area (Å²) in [6, 6.07) is 4.35. The number of likely N-dealkylation sites (tertiary alicyclic amines) is 1. The lowest BCUT2D eigenvalue weighted by atomic mass is 9.91. The Labute approximate surface area is 127 Å². The Kier molecular flexibility index (Phi) is 5.08. The molecule has 1 aliphatic rings. The van der Waals surface area contributed by atoms with Gasteiger partial charge >= 0.3 is 0 Å². The Morgan fingerprint density at radius 2 is 2.35 bits per heavy atom. The van der Waals surface area contributed by atoms with Gasteiger partial charge in [-0.3, -0.25) is 4.99 Å². The minimum absolute atomic E-state index is 0.144. The average Bonchev–Trinajstić information content (AvgIpc) is 2.94. The van der Waals surface area contributed by atoms with E-state index in [1.165, 1.54) is 17.7 Å². The maximum atomic E-state index is 4.47. The average molecular weight is 293 g/mol. The summed E-state index contributed by atoms with van der Waals surface area (Å²) in [5.74, 6) is 1.83. The van der Waals surface area contributed by atoms with E-state index >= 15 is 0 Å². The number of hydrogen-bond donors (Lipinski definition) is 1. The summed E-state index contributed by atoms with van der Waals surface area (Å²) >= 11 is 1.83. The SMILES string of the molecule is CN=C(NCC(C)(C)c1cccs1)N1CCCC(C)C1. The Hall–Kier alpha value is -1.03. The van der Waals surface area contributed by atoms with Gasteiger partial charge in [0.05, 0.1) is 0 Å². The second-order valence-electron chi connectivity index (χ2n) is 6.46. The molecule has 0 saturated carbocycles. The lowest BCUT2D eigenvalue weighted by Gasteiger charge is -2.35. The number of hydrogen-bond acceptors (Lipinski definition) is 2. The van der Waals surface area contributed by atoms with Gasteiger partial charge in [-0.2, -0.15) is 0 Å². The van der Waals surface area contributed by atoms with Gasteiger partial charge < -0.3 is 10.2 Å². The molecule has 2 rings (SSSR count). The predicted octanol–water partition coefficient (Wildman–Crippen LogP) is 3.33. The zero-order valence-electron chi connectivity index (χ0n) is 13.1. The normalized spacial score (nSPS) is 21.1. The molecule has 1 aromatic heterocycles. The summed E-state index contributed by atoms with van der Waals surface area (Å²) in [6.45, 7) is 10.1. The van der Waals surface area contributed by atoms with Gasteiger partial charge in [-0.05, 0) is 30.2 Å². The van der Waals surface area contributed by atoms with E-state index < -0.39 is 0 Å². The Morgan fingerprint density at radius 3 is 2.95 bits per heavy atom. The zero-order chi connectivity index (χ0) is 14.6.